The molecule has 1 saturated carbocycles. The number of carbonyl (C=O) groups is 2. The molecule has 4 aromatic rings. The molecule has 43 heavy (non-hydrogen) atoms. The average Bonchev–Trinajstić information content (AvgIpc) is 3.52. The summed E-state index contributed by atoms with van der Waals surface area (Å²) in [5, 5.41) is 7.00. The molecule has 4 atom stereocenters. The number of rotatable bonds is 5. The highest BCUT2D eigenvalue weighted by molar-refractivity contribution is 6.15. The van der Waals surface area contributed by atoms with E-state index in [0.717, 1.165) is 51.4 Å². The lowest BCUT2D eigenvalue weighted by Gasteiger charge is -2.47. The quantitative estimate of drug-likeness (QED) is 0.258. The lowest BCUT2D eigenvalue weighted by molar-refractivity contribution is -0.140. The van der Waals surface area contributed by atoms with Crippen molar-refractivity contribution in [2.24, 2.45) is 5.41 Å². The molecule has 2 heterocycles. The fraction of sp³-hybridized carbons (Fsp3) is 0.243. The molecule has 216 valence electrons. The van der Waals surface area contributed by atoms with Crippen molar-refractivity contribution in [3.63, 3.8) is 0 Å². The van der Waals surface area contributed by atoms with E-state index in [9.17, 15) is 4.79 Å². The highest BCUT2D eigenvalue weighted by atomic mass is 16.5. The topological polar surface area (TPSA) is 76.7 Å². The molecule has 2 spiro atoms. The Morgan fingerprint density at radius 2 is 1.42 bits per heavy atom. The summed E-state index contributed by atoms with van der Waals surface area (Å²) in [6.07, 6.45) is 3.99. The number of nitrogens with one attached hydrogen (secondary N) is 2. The summed E-state index contributed by atoms with van der Waals surface area (Å²) in [5.41, 5.74) is 2.93. The largest absolute Gasteiger partial charge is 0.497 e. The van der Waals surface area contributed by atoms with Crippen LogP contribution in [0.15, 0.2) is 109 Å². The summed E-state index contributed by atoms with van der Waals surface area (Å²) in [7, 11) is 3.29. The Hall–Kier alpha value is -4.68. The molecule has 7 rings (SSSR count). The summed E-state index contributed by atoms with van der Waals surface area (Å²) in [6, 6.07) is 33.4. The lowest BCUT2D eigenvalue weighted by atomic mass is 9.52. The summed E-state index contributed by atoms with van der Waals surface area (Å²) in [4.78, 5) is 29.8. The van der Waals surface area contributed by atoms with Crippen molar-refractivity contribution < 1.29 is 19.1 Å². The number of amides is 1. The number of fused-ring (bicyclic) bond motifs is 3. The van der Waals surface area contributed by atoms with Crippen LogP contribution in [0.2, 0.25) is 0 Å². The van der Waals surface area contributed by atoms with E-state index in [1.807, 2.05) is 84.9 Å². The number of benzene rings is 4. The number of ketones is 1. The van der Waals surface area contributed by atoms with Crippen LogP contribution < -0.4 is 20.1 Å². The van der Waals surface area contributed by atoms with Gasteiger partial charge in [-0.3, -0.25) is 14.9 Å². The van der Waals surface area contributed by atoms with Crippen molar-refractivity contribution in [3.05, 3.63) is 131 Å². The van der Waals surface area contributed by atoms with Crippen LogP contribution >= 0.6 is 0 Å². The Kier molecular flexibility index (Phi) is 6.66. The Labute approximate surface area is 251 Å². The van der Waals surface area contributed by atoms with Crippen LogP contribution in [0.1, 0.15) is 53.5 Å². The fourth-order valence-electron chi connectivity index (χ4n) is 7.80. The molecule has 1 amide bonds. The van der Waals surface area contributed by atoms with E-state index in [2.05, 4.69) is 34.9 Å². The Bertz CT molecular complexity index is 1710. The van der Waals surface area contributed by atoms with E-state index in [-0.39, 0.29) is 23.7 Å². The van der Waals surface area contributed by atoms with Crippen LogP contribution in [-0.2, 0) is 15.1 Å². The minimum absolute atomic E-state index is 0.0215. The number of allylic oxidation sites excluding steroid dienone is 1. The third-order valence-corrected chi connectivity index (χ3v) is 9.63. The Morgan fingerprint density at radius 3 is 2.12 bits per heavy atom. The summed E-state index contributed by atoms with van der Waals surface area (Å²) >= 11 is 0. The molecular formula is C37H34N2O4. The van der Waals surface area contributed by atoms with Crippen LogP contribution in [0.5, 0.6) is 11.5 Å². The van der Waals surface area contributed by atoms with E-state index >= 15 is 4.79 Å². The number of hydrogen-bond donors (Lipinski definition) is 2. The summed E-state index contributed by atoms with van der Waals surface area (Å²) in [6.45, 7) is 0. The van der Waals surface area contributed by atoms with E-state index in [4.69, 9.17) is 9.47 Å². The zero-order valence-corrected chi connectivity index (χ0v) is 24.3. The first-order valence-corrected chi connectivity index (χ1v) is 14.8. The molecule has 4 aromatic carbocycles. The number of hydrogen-bond acceptors (Lipinski definition) is 5. The van der Waals surface area contributed by atoms with Crippen molar-refractivity contribution in [2.45, 2.75) is 36.8 Å². The predicted molar refractivity (Wildman–Crippen MR) is 167 cm³/mol. The molecule has 2 aliphatic heterocycles. The van der Waals surface area contributed by atoms with E-state index in [0.29, 0.717) is 12.8 Å². The average molecular weight is 571 g/mol. The molecule has 4 unspecified atom stereocenters. The zero-order valence-electron chi connectivity index (χ0n) is 24.3. The highest BCUT2D eigenvalue weighted by Crippen LogP contribution is 2.67. The third-order valence-electron chi connectivity index (χ3n) is 9.63. The first kappa shape index (κ1) is 27.2. The van der Waals surface area contributed by atoms with Crippen LogP contribution in [0.4, 0.5) is 5.69 Å². The minimum atomic E-state index is -1.26. The SMILES string of the molecule is COc1ccc(/C=C2\CCCC3(C2=O)C(c2ccc(OC)cc2)C(c2ccccc2)NC32C(=O)Nc3ccccc32)cc1. The number of methoxy groups -OCH3 is 2. The standard InChI is InChI=1S/C37H34N2O4/c1-42-28-18-14-24(15-19-28)23-27-11-8-22-36(34(27)40)32(25-16-20-29(43-2)21-17-25)33(26-9-4-3-5-10-26)39-37(36)30-12-6-7-13-31(30)38-35(37)41/h3-7,9-10,12-21,23,32-33,39H,8,11,22H2,1-2H3,(H,38,41)/b27-23+. The van der Waals surface area contributed by atoms with Crippen LogP contribution in [0, 0.1) is 5.41 Å². The molecular weight excluding hydrogens is 536 g/mol. The second kappa shape index (κ2) is 10.5. The fourth-order valence-corrected chi connectivity index (χ4v) is 7.80. The summed E-state index contributed by atoms with van der Waals surface area (Å²) < 4.78 is 10.8. The number of carbonyl (C=O) groups excluding carboxylic acids is 2. The number of anilines is 1. The zero-order chi connectivity index (χ0) is 29.6. The molecule has 0 bridgehead atoms. The number of ether oxygens (including phenoxy) is 2. The van der Waals surface area contributed by atoms with Gasteiger partial charge in [-0.05, 0) is 77.9 Å². The van der Waals surface area contributed by atoms with Gasteiger partial charge in [0.25, 0.3) is 0 Å². The van der Waals surface area contributed by atoms with Crippen molar-refractivity contribution in [1.29, 1.82) is 0 Å². The predicted octanol–water partition coefficient (Wildman–Crippen LogP) is 6.80. The summed E-state index contributed by atoms with van der Waals surface area (Å²) in [5.74, 6) is 1.02. The first-order chi connectivity index (χ1) is 21.0. The van der Waals surface area contributed by atoms with Gasteiger partial charge in [-0.1, -0.05) is 72.8 Å². The maximum atomic E-state index is 15.3. The van der Waals surface area contributed by atoms with Gasteiger partial charge in [-0.15, -0.1) is 0 Å². The van der Waals surface area contributed by atoms with Crippen LogP contribution in [0.25, 0.3) is 6.08 Å². The van der Waals surface area contributed by atoms with Gasteiger partial charge in [0, 0.05) is 23.2 Å². The number of Topliss-reactive ketones (excluding diaryl/α,β-unsaturated/α-hetero) is 1. The molecule has 1 saturated heterocycles. The van der Waals surface area contributed by atoms with Crippen LogP contribution in [-0.4, -0.2) is 25.9 Å². The molecule has 0 aromatic heterocycles. The second-order valence-corrected chi connectivity index (χ2v) is 11.6. The van der Waals surface area contributed by atoms with Gasteiger partial charge in [0.1, 0.15) is 17.0 Å². The third kappa shape index (κ3) is 4.04. The smallest absolute Gasteiger partial charge is 0.250 e. The lowest BCUT2D eigenvalue weighted by Crippen LogP contribution is -2.59. The van der Waals surface area contributed by atoms with E-state index < -0.39 is 11.0 Å². The van der Waals surface area contributed by atoms with Crippen molar-refractivity contribution in [2.75, 3.05) is 19.5 Å². The highest BCUT2D eigenvalue weighted by Gasteiger charge is 2.74. The molecule has 3 aliphatic rings. The first-order valence-electron chi connectivity index (χ1n) is 14.8. The maximum Gasteiger partial charge on any atom is 0.250 e. The Balaban J connectivity index is 1.49. The normalized spacial score (nSPS) is 27.0. The monoisotopic (exact) mass is 570 g/mol. The van der Waals surface area contributed by atoms with E-state index in [1.165, 1.54) is 0 Å². The van der Waals surface area contributed by atoms with Gasteiger partial charge in [0.2, 0.25) is 5.91 Å². The van der Waals surface area contributed by atoms with Crippen molar-refractivity contribution in [1.82, 2.24) is 5.32 Å². The van der Waals surface area contributed by atoms with Crippen molar-refractivity contribution >= 4 is 23.5 Å². The van der Waals surface area contributed by atoms with Gasteiger partial charge in [-0.2, -0.15) is 0 Å². The molecule has 6 nitrogen and oxygen atoms in total. The van der Waals surface area contributed by atoms with Gasteiger partial charge in [0.15, 0.2) is 5.78 Å². The number of para-hydroxylation sites is 1. The molecule has 6 heteroatoms. The van der Waals surface area contributed by atoms with Gasteiger partial charge in [0.05, 0.1) is 19.6 Å². The molecule has 2 N–H and O–H groups in total. The molecule has 1 aliphatic carbocycles. The molecule has 0 radical (unpaired) electrons. The van der Waals surface area contributed by atoms with Gasteiger partial charge in [-0.25, -0.2) is 0 Å². The van der Waals surface area contributed by atoms with Gasteiger partial charge < -0.3 is 14.8 Å². The second-order valence-electron chi connectivity index (χ2n) is 11.6. The van der Waals surface area contributed by atoms with Crippen LogP contribution in [0.3, 0.4) is 0 Å². The molecule has 2 fully saturated rings. The van der Waals surface area contributed by atoms with Crippen molar-refractivity contribution in [3.8, 4) is 11.5 Å². The Morgan fingerprint density at radius 1 is 0.767 bits per heavy atom. The van der Waals surface area contributed by atoms with Gasteiger partial charge >= 0.3 is 0 Å². The maximum absolute atomic E-state index is 15.3. The van der Waals surface area contributed by atoms with E-state index in [1.54, 1.807) is 14.2 Å². The minimum Gasteiger partial charge on any atom is -0.497 e.